The van der Waals surface area contributed by atoms with E-state index in [0.717, 1.165) is 24.3 Å². The molecule has 0 aliphatic carbocycles. The third kappa shape index (κ3) is 112. The first-order valence-corrected chi connectivity index (χ1v) is 6.03. The van der Waals surface area contributed by atoms with Crippen molar-refractivity contribution in [2.24, 2.45) is 0 Å². The first kappa shape index (κ1) is 33.6. The Morgan fingerprint density at radius 2 is 0.654 bits per heavy atom. The summed E-state index contributed by atoms with van der Waals surface area (Å²) in [6.45, 7) is 16.4. The van der Waals surface area contributed by atoms with Crippen LogP contribution in [0.3, 0.4) is 0 Å². The van der Waals surface area contributed by atoms with Crippen LogP contribution >= 0.6 is 0 Å². The second-order valence-electron chi connectivity index (χ2n) is 3.25. The Kier molecular flexibility index (Phi) is 33.6. The highest BCUT2D eigenvalue weighted by atomic mass is 16.4. The minimum absolute atomic E-state index is 0.176. The maximum Gasteiger partial charge on any atom is 0.330 e. The Morgan fingerprint density at radius 1 is 0.577 bits per heavy atom. The third-order valence-electron chi connectivity index (χ3n) is 1.06. The Bertz CT molecular complexity index is 445. The number of rotatable bonds is 5. The summed E-state index contributed by atoms with van der Waals surface area (Å²) < 4.78 is 0. The van der Waals surface area contributed by atoms with Crippen LogP contribution in [0.25, 0.3) is 0 Å². The lowest BCUT2D eigenvalue weighted by Gasteiger charge is -1.79. The van der Waals surface area contributed by atoms with E-state index in [1.54, 1.807) is 0 Å². The van der Waals surface area contributed by atoms with Crippen molar-refractivity contribution < 1.29 is 49.5 Å². The van der Waals surface area contributed by atoms with Crippen molar-refractivity contribution in [2.45, 2.75) is 6.92 Å². The van der Waals surface area contributed by atoms with E-state index in [2.05, 4.69) is 32.9 Å². The van der Waals surface area contributed by atoms with Crippen LogP contribution in [-0.4, -0.2) is 55.4 Å². The van der Waals surface area contributed by atoms with Gasteiger partial charge in [-0.2, -0.15) is 0 Å². The van der Waals surface area contributed by atoms with E-state index in [9.17, 15) is 24.0 Å². The highest BCUT2D eigenvalue weighted by molar-refractivity contribution is 5.84. The molecule has 146 valence electrons. The van der Waals surface area contributed by atoms with E-state index in [-0.39, 0.29) is 5.57 Å². The van der Waals surface area contributed by atoms with Crippen molar-refractivity contribution >= 4 is 29.8 Å². The fourth-order valence-electron chi connectivity index (χ4n) is 0. The van der Waals surface area contributed by atoms with E-state index in [1.807, 2.05) is 0 Å². The lowest BCUT2D eigenvalue weighted by atomic mass is 10.4. The van der Waals surface area contributed by atoms with Gasteiger partial charge in [0.05, 0.1) is 0 Å². The number of hydrogen-bond donors (Lipinski definition) is 5. The van der Waals surface area contributed by atoms with Crippen LogP contribution in [0.5, 0.6) is 0 Å². The number of carboxylic acid groups (broad SMARTS) is 5. The molecule has 0 aromatic rings. The molecule has 0 rings (SSSR count). The third-order valence-corrected chi connectivity index (χ3v) is 1.06. The second-order valence-corrected chi connectivity index (χ2v) is 3.25. The first-order chi connectivity index (χ1) is 11.7. The van der Waals surface area contributed by atoms with Gasteiger partial charge in [0.15, 0.2) is 0 Å². The van der Waals surface area contributed by atoms with Crippen LogP contribution < -0.4 is 0 Å². The predicted octanol–water partition coefficient (Wildman–Crippen LogP) is 1.68. The molecule has 0 bridgehead atoms. The molecule has 5 N–H and O–H groups in total. The summed E-state index contributed by atoms with van der Waals surface area (Å²) in [6.07, 6.45) is 3.33. The van der Waals surface area contributed by atoms with Crippen molar-refractivity contribution in [1.29, 1.82) is 0 Å². The second kappa shape index (κ2) is 26.0. The Morgan fingerprint density at radius 3 is 0.654 bits per heavy atom. The largest absolute Gasteiger partial charge is 0.478 e. The van der Waals surface area contributed by atoms with Crippen LogP contribution in [0.4, 0.5) is 0 Å². The van der Waals surface area contributed by atoms with Gasteiger partial charge in [0.1, 0.15) is 0 Å². The zero-order valence-electron chi connectivity index (χ0n) is 14.1. The summed E-state index contributed by atoms with van der Waals surface area (Å²) in [5.41, 5.74) is 0.176. The van der Waals surface area contributed by atoms with Crippen LogP contribution in [0.2, 0.25) is 0 Å². The summed E-state index contributed by atoms with van der Waals surface area (Å²) >= 11 is 0. The molecule has 26 heavy (non-hydrogen) atoms. The van der Waals surface area contributed by atoms with Crippen molar-refractivity contribution in [3.63, 3.8) is 0 Å². The highest BCUT2D eigenvalue weighted by Gasteiger charge is 1.90. The summed E-state index contributed by atoms with van der Waals surface area (Å²) in [5.74, 6) is -4.86. The molecule has 0 unspecified atom stereocenters. The molecule has 0 aliphatic rings. The molecular weight excluding hydrogens is 352 g/mol. The van der Waals surface area contributed by atoms with E-state index >= 15 is 0 Å². The van der Waals surface area contributed by atoms with Crippen molar-refractivity contribution in [3.8, 4) is 0 Å². The van der Waals surface area contributed by atoms with E-state index < -0.39 is 29.8 Å². The summed E-state index contributed by atoms with van der Waals surface area (Å²) in [7, 11) is 0. The molecule has 0 aromatic heterocycles. The SMILES string of the molecule is C=C(C)C(=O)O.C=CC(=O)O.C=CC(=O)O.C=CC(=O)O.C=CC(=O)O. The molecule has 0 aliphatic heterocycles. The lowest BCUT2D eigenvalue weighted by molar-refractivity contribution is -0.133. The molecule has 0 heterocycles. The molecule has 10 heteroatoms. The van der Waals surface area contributed by atoms with Gasteiger partial charge < -0.3 is 25.5 Å². The maximum atomic E-state index is 9.60. The number of hydrogen-bond acceptors (Lipinski definition) is 5. The van der Waals surface area contributed by atoms with Gasteiger partial charge in [-0.1, -0.05) is 32.9 Å². The zero-order chi connectivity index (χ0) is 22.3. The van der Waals surface area contributed by atoms with E-state index in [1.165, 1.54) is 6.92 Å². The van der Waals surface area contributed by atoms with Crippen molar-refractivity contribution in [3.05, 3.63) is 62.8 Å². The summed E-state index contributed by atoms with van der Waals surface area (Å²) in [6, 6.07) is 0. The Balaban J connectivity index is -0.0000000708. The van der Waals surface area contributed by atoms with Crippen molar-refractivity contribution in [1.82, 2.24) is 0 Å². The fraction of sp³-hybridized carbons (Fsp3) is 0.0625. The van der Waals surface area contributed by atoms with Gasteiger partial charge in [-0.05, 0) is 6.92 Å². The van der Waals surface area contributed by atoms with Crippen molar-refractivity contribution in [2.75, 3.05) is 0 Å². The average Bonchev–Trinajstić information content (AvgIpc) is 2.56. The van der Waals surface area contributed by atoms with Gasteiger partial charge in [-0.25, -0.2) is 24.0 Å². The fourth-order valence-corrected chi connectivity index (χ4v) is 0. The monoisotopic (exact) mass is 374 g/mol. The molecule has 0 fully saturated rings. The van der Waals surface area contributed by atoms with E-state index in [0.29, 0.717) is 0 Å². The van der Waals surface area contributed by atoms with Gasteiger partial charge >= 0.3 is 29.8 Å². The average molecular weight is 374 g/mol. The molecule has 0 amide bonds. The van der Waals surface area contributed by atoms with E-state index in [4.69, 9.17) is 25.5 Å². The Hall–Kier alpha value is -3.95. The molecule has 10 nitrogen and oxygen atoms in total. The first-order valence-electron chi connectivity index (χ1n) is 6.03. The summed E-state index contributed by atoms with van der Waals surface area (Å²) in [5, 5.41) is 38.3. The van der Waals surface area contributed by atoms with Gasteiger partial charge in [0.2, 0.25) is 0 Å². The highest BCUT2D eigenvalue weighted by Crippen LogP contribution is 1.81. The summed E-state index contributed by atoms with van der Waals surface area (Å²) in [4.78, 5) is 46.6. The van der Waals surface area contributed by atoms with Crippen LogP contribution in [0.15, 0.2) is 62.8 Å². The molecule has 0 atom stereocenters. The maximum absolute atomic E-state index is 9.60. The minimum atomic E-state index is -0.981. The Labute approximate surface area is 150 Å². The minimum Gasteiger partial charge on any atom is -0.478 e. The van der Waals surface area contributed by atoms with Crippen LogP contribution in [0, 0.1) is 0 Å². The van der Waals surface area contributed by atoms with Gasteiger partial charge in [0, 0.05) is 29.9 Å². The number of carboxylic acids is 5. The normalized spacial score (nSPS) is 6.65. The molecule has 0 saturated heterocycles. The molecule has 0 spiro atoms. The number of carbonyl (C=O) groups is 5. The van der Waals surface area contributed by atoms with Crippen LogP contribution in [0.1, 0.15) is 6.92 Å². The zero-order valence-corrected chi connectivity index (χ0v) is 14.1. The molecule has 0 aromatic carbocycles. The topological polar surface area (TPSA) is 186 Å². The van der Waals surface area contributed by atoms with Gasteiger partial charge in [-0.3, -0.25) is 0 Å². The van der Waals surface area contributed by atoms with Gasteiger partial charge in [0.25, 0.3) is 0 Å². The lowest BCUT2D eigenvalue weighted by Crippen LogP contribution is -1.92. The standard InChI is InChI=1S/C4H6O2.4C3H4O2/c1-3(2)4(5)6;4*1-2-3(4)5/h1H2,2H3,(H,5,6);4*2H,1H2,(H,4,5). The molecule has 0 radical (unpaired) electrons. The molecular formula is C16H22O10. The molecule has 0 saturated carbocycles. The number of aliphatic carboxylic acids is 5. The van der Waals surface area contributed by atoms with Crippen LogP contribution in [-0.2, 0) is 24.0 Å². The predicted molar refractivity (Wildman–Crippen MR) is 93.8 cm³/mol. The van der Waals surface area contributed by atoms with Gasteiger partial charge in [-0.15, -0.1) is 0 Å². The quantitative estimate of drug-likeness (QED) is 0.443. The smallest absolute Gasteiger partial charge is 0.330 e.